The van der Waals surface area contributed by atoms with Crippen LogP contribution in [0, 0.1) is 23.2 Å². The lowest BCUT2D eigenvalue weighted by Crippen LogP contribution is -2.43. The molecule has 2 aromatic rings. The van der Waals surface area contributed by atoms with Crippen LogP contribution in [0.15, 0.2) is 12.3 Å². The van der Waals surface area contributed by atoms with Gasteiger partial charge in [0, 0.05) is 18.2 Å². The largest absolute Gasteiger partial charge is 0.419 e. The van der Waals surface area contributed by atoms with Crippen molar-refractivity contribution in [1.29, 1.82) is 0 Å². The van der Waals surface area contributed by atoms with Crippen molar-refractivity contribution in [2.24, 2.45) is 23.2 Å². The second kappa shape index (κ2) is 9.58. The fourth-order valence-electron chi connectivity index (χ4n) is 6.44. The maximum Gasteiger partial charge on any atom is 0.419 e. The van der Waals surface area contributed by atoms with Gasteiger partial charge in [0.05, 0.1) is 12.1 Å². The first kappa shape index (κ1) is 26.5. The highest BCUT2D eigenvalue weighted by atomic mass is 35.5. The number of rotatable bonds is 4. The molecular weight excluding hydrogens is 503 g/mol. The lowest BCUT2D eigenvalue weighted by Gasteiger charge is -2.41. The molecule has 0 N–H and O–H groups in total. The highest BCUT2D eigenvalue weighted by Gasteiger charge is 2.45. The summed E-state index contributed by atoms with van der Waals surface area (Å²) in [4.78, 5) is 32.6. The Bertz CT molecular complexity index is 1210. The second-order valence-corrected chi connectivity index (χ2v) is 12.2. The molecule has 0 bridgehead atoms. The van der Waals surface area contributed by atoms with Gasteiger partial charge in [0.15, 0.2) is 17.1 Å². The number of nitrogens with zero attached hydrogens (tertiary/aromatic N) is 3. The minimum atomic E-state index is -4.63. The number of carbonyl (C=O) groups excluding carboxylic acids is 2. The van der Waals surface area contributed by atoms with Gasteiger partial charge >= 0.3 is 6.18 Å². The number of carbonyl (C=O) groups is 2. The molecule has 1 saturated heterocycles. The molecule has 5 rings (SSSR count). The Balaban J connectivity index is 1.41. The first-order chi connectivity index (χ1) is 17.4. The van der Waals surface area contributed by atoms with E-state index >= 15 is 0 Å². The quantitative estimate of drug-likeness (QED) is 0.416. The van der Waals surface area contributed by atoms with E-state index < -0.39 is 23.1 Å². The monoisotopic (exact) mass is 537 g/mol. The van der Waals surface area contributed by atoms with Crippen LogP contribution in [-0.4, -0.2) is 39.1 Å². The number of imidazole rings is 1. The van der Waals surface area contributed by atoms with Crippen molar-refractivity contribution in [1.82, 2.24) is 14.3 Å². The van der Waals surface area contributed by atoms with Crippen molar-refractivity contribution < 1.29 is 22.8 Å². The second-order valence-electron chi connectivity index (χ2n) is 11.9. The van der Waals surface area contributed by atoms with E-state index in [4.69, 9.17) is 11.6 Å². The van der Waals surface area contributed by atoms with Gasteiger partial charge in [0.25, 0.3) is 5.91 Å². The van der Waals surface area contributed by atoms with E-state index in [0.29, 0.717) is 30.9 Å². The Morgan fingerprint density at radius 2 is 1.86 bits per heavy atom. The third-order valence-corrected chi connectivity index (χ3v) is 9.76. The van der Waals surface area contributed by atoms with Crippen molar-refractivity contribution in [3.05, 3.63) is 34.2 Å². The minimum absolute atomic E-state index is 0.0105. The van der Waals surface area contributed by atoms with Crippen molar-refractivity contribution in [3.63, 3.8) is 0 Å². The third-order valence-electron chi connectivity index (χ3n) is 9.40. The molecule has 3 aliphatic rings. The molecule has 9 heteroatoms. The lowest BCUT2D eigenvalue weighted by atomic mass is 9.63. The summed E-state index contributed by atoms with van der Waals surface area (Å²) in [5.41, 5.74) is -1.49. The van der Waals surface area contributed by atoms with Crippen LogP contribution >= 0.6 is 11.6 Å². The molecule has 2 unspecified atom stereocenters. The van der Waals surface area contributed by atoms with E-state index in [2.05, 4.69) is 18.8 Å². The van der Waals surface area contributed by atoms with Crippen molar-refractivity contribution in [2.75, 3.05) is 13.1 Å². The fourth-order valence-corrected chi connectivity index (χ4v) is 6.70. The Hall–Kier alpha value is -2.09. The Morgan fingerprint density at radius 1 is 1.19 bits per heavy atom. The van der Waals surface area contributed by atoms with Crippen LogP contribution < -0.4 is 0 Å². The Labute approximate surface area is 220 Å². The zero-order valence-corrected chi connectivity index (χ0v) is 22.5. The van der Waals surface area contributed by atoms with E-state index in [1.165, 1.54) is 22.1 Å². The average Bonchev–Trinajstić information content (AvgIpc) is 3.66. The number of pyridine rings is 1. The van der Waals surface area contributed by atoms with Crippen LogP contribution in [0.2, 0.25) is 5.15 Å². The lowest BCUT2D eigenvalue weighted by molar-refractivity contribution is -0.136. The van der Waals surface area contributed by atoms with Gasteiger partial charge in [0.2, 0.25) is 0 Å². The molecule has 5 nitrogen and oxygen atoms in total. The number of aromatic nitrogens is 2. The highest BCUT2D eigenvalue weighted by Crippen LogP contribution is 2.46. The summed E-state index contributed by atoms with van der Waals surface area (Å²) in [6, 6.07) is 1.12. The van der Waals surface area contributed by atoms with Crippen LogP contribution in [0.3, 0.4) is 0 Å². The first-order valence-electron chi connectivity index (χ1n) is 13.5. The van der Waals surface area contributed by atoms with Crippen LogP contribution in [0.1, 0.15) is 99.7 Å². The van der Waals surface area contributed by atoms with Crippen LogP contribution in [-0.2, 0) is 11.0 Å². The molecule has 1 aliphatic heterocycles. The molecule has 0 aromatic carbocycles. The summed E-state index contributed by atoms with van der Waals surface area (Å²) in [7, 11) is 0. The topological polar surface area (TPSA) is 54.7 Å². The minimum Gasteiger partial charge on any atom is -0.330 e. The van der Waals surface area contributed by atoms with E-state index in [9.17, 15) is 22.8 Å². The Kier molecular flexibility index (Phi) is 6.87. The van der Waals surface area contributed by atoms with Gasteiger partial charge in [0.1, 0.15) is 5.15 Å². The number of hydrogen-bond donors (Lipinski definition) is 0. The molecule has 1 amide bonds. The van der Waals surface area contributed by atoms with Gasteiger partial charge in [-0.1, -0.05) is 45.2 Å². The molecule has 0 radical (unpaired) electrons. The summed E-state index contributed by atoms with van der Waals surface area (Å²) < 4.78 is 42.8. The standard InChI is InChI=1S/C28H35ClF3N3O2/c1-16-5-7-18(8-6-16)17(2)27(3)11-4-12-34(15-22(27)36)26(37)23-24(29)35-14-20(19-9-10-19)13-21(25(35)33-23)28(30,31)32/h13-14,16-19H,4-12,15H2,1-3H3. The maximum atomic E-state index is 13.9. The number of alkyl halides is 3. The number of likely N-dealkylation sites (tertiary alicyclic amines) is 1. The van der Waals surface area contributed by atoms with E-state index in [-0.39, 0.29) is 40.7 Å². The van der Waals surface area contributed by atoms with Crippen molar-refractivity contribution >= 4 is 28.9 Å². The summed E-state index contributed by atoms with van der Waals surface area (Å²) in [5, 5.41) is -0.142. The molecular formula is C28H35ClF3N3O2. The van der Waals surface area contributed by atoms with E-state index in [1.807, 2.05) is 6.92 Å². The SMILES string of the molecule is CC1CCC(C(C)C2(C)CCCN(C(=O)c3nc4c(C(F)(F)F)cc(C5CC5)cn4c3Cl)CC2=O)CC1. The molecule has 3 heterocycles. The molecule has 2 aliphatic carbocycles. The number of amides is 1. The summed E-state index contributed by atoms with van der Waals surface area (Å²) >= 11 is 6.49. The zero-order valence-electron chi connectivity index (χ0n) is 21.7. The van der Waals surface area contributed by atoms with Gasteiger partial charge in [-0.25, -0.2) is 4.98 Å². The maximum absolute atomic E-state index is 13.9. The predicted molar refractivity (Wildman–Crippen MR) is 136 cm³/mol. The van der Waals surface area contributed by atoms with Gasteiger partial charge in [-0.15, -0.1) is 0 Å². The molecule has 37 heavy (non-hydrogen) atoms. The fraction of sp³-hybridized carbons (Fsp3) is 0.679. The summed E-state index contributed by atoms with van der Waals surface area (Å²) in [6.07, 6.45) is 4.51. The average molecular weight is 538 g/mol. The number of hydrogen-bond acceptors (Lipinski definition) is 3. The van der Waals surface area contributed by atoms with E-state index in [1.54, 1.807) is 6.20 Å². The number of halogens is 4. The number of Topliss-reactive ketones (excluding diaryl/α,β-unsaturated/α-hetero) is 1. The molecule has 0 spiro atoms. The van der Waals surface area contributed by atoms with Gasteiger partial charge < -0.3 is 4.90 Å². The van der Waals surface area contributed by atoms with Crippen molar-refractivity contribution in [2.45, 2.75) is 84.2 Å². The Morgan fingerprint density at radius 3 is 2.49 bits per heavy atom. The summed E-state index contributed by atoms with van der Waals surface area (Å²) in [6.45, 7) is 6.74. The molecule has 2 atom stereocenters. The zero-order chi connectivity index (χ0) is 26.7. The molecule has 202 valence electrons. The molecule has 2 saturated carbocycles. The van der Waals surface area contributed by atoms with Crippen LogP contribution in [0.4, 0.5) is 13.2 Å². The molecule has 2 aromatic heterocycles. The smallest absolute Gasteiger partial charge is 0.330 e. The highest BCUT2D eigenvalue weighted by molar-refractivity contribution is 6.33. The summed E-state index contributed by atoms with van der Waals surface area (Å²) in [5.74, 6) is 0.905. The van der Waals surface area contributed by atoms with Crippen LogP contribution in [0.5, 0.6) is 0 Å². The van der Waals surface area contributed by atoms with Gasteiger partial charge in [-0.05, 0) is 73.8 Å². The normalized spacial score (nSPS) is 28.4. The molecule has 3 fully saturated rings. The predicted octanol–water partition coefficient (Wildman–Crippen LogP) is 7.16. The first-order valence-corrected chi connectivity index (χ1v) is 13.9. The third kappa shape index (κ3) is 4.90. The van der Waals surface area contributed by atoms with Crippen molar-refractivity contribution in [3.8, 4) is 0 Å². The van der Waals surface area contributed by atoms with Gasteiger partial charge in [-0.2, -0.15) is 13.2 Å². The van der Waals surface area contributed by atoms with E-state index in [0.717, 1.165) is 37.7 Å². The van der Waals surface area contributed by atoms with Crippen LogP contribution in [0.25, 0.3) is 5.65 Å². The van der Waals surface area contributed by atoms with Gasteiger partial charge in [-0.3, -0.25) is 14.0 Å². The number of fused-ring (bicyclic) bond motifs is 1. The number of ketones is 1.